The molecule has 1 rings (SSSR count). The maximum Gasteiger partial charge on any atom is 0.0830 e. The van der Waals surface area contributed by atoms with Crippen molar-refractivity contribution >= 4 is 11.6 Å². The first-order valence-corrected chi connectivity index (χ1v) is 3.37. The molecule has 1 fully saturated rings. The smallest absolute Gasteiger partial charge is 0.0830 e. The molecular weight excluding hydrogens is 136 g/mol. The summed E-state index contributed by atoms with van der Waals surface area (Å²) in [6.45, 7) is 1.90. The van der Waals surface area contributed by atoms with Crippen molar-refractivity contribution < 1.29 is 5.11 Å². The zero-order valence-corrected chi connectivity index (χ0v) is 6.02. The molecule has 1 unspecified atom stereocenters. The number of hydrogen-bond acceptors (Lipinski definition) is 1. The Hall–Kier alpha value is -0.270. The largest absolute Gasteiger partial charge is 0.388 e. The van der Waals surface area contributed by atoms with Crippen LogP contribution in [0.15, 0.2) is 22.8 Å². The molecule has 0 heterocycles. The van der Waals surface area contributed by atoms with E-state index in [2.05, 4.69) is 0 Å². The molecule has 0 bridgehead atoms. The molecule has 0 aromatic rings. The number of aliphatic hydroxyl groups is 1. The van der Waals surface area contributed by atoms with Crippen LogP contribution in [0.1, 0.15) is 13.3 Å². The van der Waals surface area contributed by atoms with Crippen LogP contribution in [0.25, 0.3) is 0 Å². The average molecular weight is 145 g/mol. The number of allylic oxidation sites excluding steroid dienone is 1. The van der Waals surface area contributed by atoms with Gasteiger partial charge in [-0.2, -0.15) is 0 Å². The molecule has 9 heavy (non-hydrogen) atoms. The van der Waals surface area contributed by atoms with Crippen molar-refractivity contribution in [3.05, 3.63) is 22.8 Å². The summed E-state index contributed by atoms with van der Waals surface area (Å²) in [5.41, 5.74) is 3.57. The highest BCUT2D eigenvalue weighted by molar-refractivity contribution is 6.26. The van der Waals surface area contributed by atoms with Gasteiger partial charge < -0.3 is 5.11 Å². The van der Waals surface area contributed by atoms with Gasteiger partial charge in [0.25, 0.3) is 0 Å². The summed E-state index contributed by atoms with van der Waals surface area (Å²) in [6.07, 6.45) is 2.34. The Labute approximate surface area is 59.6 Å². The molecule has 0 radical (unpaired) electrons. The predicted octanol–water partition coefficient (Wildman–Crippen LogP) is 1.82. The van der Waals surface area contributed by atoms with Gasteiger partial charge in [-0.05, 0) is 18.1 Å². The van der Waals surface area contributed by atoms with E-state index in [-0.39, 0.29) is 6.10 Å². The second kappa shape index (κ2) is 2.54. The van der Waals surface area contributed by atoms with Crippen LogP contribution in [0, 0.1) is 0 Å². The van der Waals surface area contributed by atoms with Crippen LogP contribution < -0.4 is 0 Å². The van der Waals surface area contributed by atoms with E-state index >= 15 is 0 Å². The molecule has 0 aromatic carbocycles. The topological polar surface area (TPSA) is 20.2 Å². The lowest BCUT2D eigenvalue weighted by atomic mass is 9.83. The van der Waals surface area contributed by atoms with Gasteiger partial charge in [0.2, 0.25) is 0 Å². The average Bonchev–Trinajstić information content (AvgIpc) is 1.83. The zero-order valence-electron chi connectivity index (χ0n) is 5.26. The second-order valence-corrected chi connectivity index (χ2v) is 2.32. The maximum atomic E-state index is 9.04. The fourth-order valence-corrected chi connectivity index (χ4v) is 1.22. The van der Waals surface area contributed by atoms with Gasteiger partial charge in [-0.3, -0.25) is 0 Å². The molecule has 50 valence electrons. The molecule has 0 aromatic heterocycles. The summed E-state index contributed by atoms with van der Waals surface area (Å²) in [4.78, 5) is 0. The molecule has 0 amide bonds. The molecule has 0 aliphatic heterocycles. The first kappa shape index (κ1) is 6.84. The van der Waals surface area contributed by atoms with Crippen LogP contribution >= 0.6 is 11.6 Å². The Morgan fingerprint density at radius 1 is 1.78 bits per heavy atom. The molecule has 1 aliphatic carbocycles. The van der Waals surface area contributed by atoms with Crippen molar-refractivity contribution in [2.75, 3.05) is 0 Å². The lowest BCUT2D eigenvalue weighted by Crippen LogP contribution is -2.23. The SMILES string of the molecule is C/C=C1\C(=C/Cl)CC1O. The lowest BCUT2D eigenvalue weighted by molar-refractivity contribution is 0.186. The third kappa shape index (κ3) is 1.03. The summed E-state index contributed by atoms with van der Waals surface area (Å²) in [5.74, 6) is 0. The van der Waals surface area contributed by atoms with E-state index in [9.17, 15) is 0 Å². The number of rotatable bonds is 0. The Bertz CT molecular complexity index is 170. The van der Waals surface area contributed by atoms with Gasteiger partial charge in [-0.1, -0.05) is 17.7 Å². The minimum Gasteiger partial charge on any atom is -0.388 e. The third-order valence-corrected chi connectivity index (χ3v) is 1.85. The molecule has 0 saturated heterocycles. The van der Waals surface area contributed by atoms with Gasteiger partial charge in [0.05, 0.1) is 6.10 Å². The number of halogens is 1. The molecule has 2 heteroatoms. The van der Waals surface area contributed by atoms with Crippen LogP contribution in [0.5, 0.6) is 0 Å². The molecule has 0 spiro atoms. The zero-order chi connectivity index (χ0) is 6.85. The quantitative estimate of drug-likeness (QED) is 0.550. The van der Waals surface area contributed by atoms with E-state index in [1.54, 1.807) is 0 Å². The first-order chi connectivity index (χ1) is 4.29. The van der Waals surface area contributed by atoms with E-state index in [0.29, 0.717) is 6.42 Å². The Balaban J connectivity index is 2.70. The Morgan fingerprint density at radius 3 is 2.67 bits per heavy atom. The lowest BCUT2D eigenvalue weighted by Gasteiger charge is -2.27. The van der Waals surface area contributed by atoms with E-state index in [1.165, 1.54) is 5.54 Å². The van der Waals surface area contributed by atoms with Gasteiger partial charge in [0.15, 0.2) is 0 Å². The summed E-state index contributed by atoms with van der Waals surface area (Å²) in [7, 11) is 0. The van der Waals surface area contributed by atoms with E-state index in [0.717, 1.165) is 11.1 Å². The van der Waals surface area contributed by atoms with Crippen molar-refractivity contribution in [1.29, 1.82) is 0 Å². The number of hydrogen-bond donors (Lipinski definition) is 1. The Kier molecular flexibility index (Phi) is 1.94. The van der Waals surface area contributed by atoms with E-state index < -0.39 is 0 Å². The summed E-state index contributed by atoms with van der Waals surface area (Å²) >= 11 is 5.43. The van der Waals surface area contributed by atoms with Gasteiger partial charge in [-0.25, -0.2) is 0 Å². The molecule has 1 atom stereocenters. The van der Waals surface area contributed by atoms with Crippen molar-refractivity contribution in [2.45, 2.75) is 19.4 Å². The molecule has 1 aliphatic rings. The van der Waals surface area contributed by atoms with E-state index in [1.807, 2.05) is 13.0 Å². The van der Waals surface area contributed by atoms with Gasteiger partial charge in [-0.15, -0.1) is 0 Å². The second-order valence-electron chi connectivity index (χ2n) is 2.10. The highest BCUT2D eigenvalue weighted by Gasteiger charge is 2.25. The highest BCUT2D eigenvalue weighted by Crippen LogP contribution is 2.33. The summed E-state index contributed by atoms with van der Waals surface area (Å²) < 4.78 is 0. The van der Waals surface area contributed by atoms with E-state index in [4.69, 9.17) is 16.7 Å². The molecule has 1 saturated carbocycles. The normalized spacial score (nSPS) is 35.2. The minimum absolute atomic E-state index is 0.264. The van der Waals surface area contributed by atoms with Crippen molar-refractivity contribution in [1.82, 2.24) is 0 Å². The van der Waals surface area contributed by atoms with Crippen LogP contribution in [0.3, 0.4) is 0 Å². The van der Waals surface area contributed by atoms with Crippen LogP contribution in [0.4, 0.5) is 0 Å². The van der Waals surface area contributed by atoms with Crippen molar-refractivity contribution in [2.24, 2.45) is 0 Å². The third-order valence-electron chi connectivity index (χ3n) is 1.59. The summed E-state index contributed by atoms with van der Waals surface area (Å²) in [5, 5.41) is 9.04. The minimum atomic E-state index is -0.264. The molecule has 1 N–H and O–H groups in total. The van der Waals surface area contributed by atoms with Crippen LogP contribution in [0.2, 0.25) is 0 Å². The molecular formula is C7H9ClO. The van der Waals surface area contributed by atoms with Gasteiger partial charge in [0.1, 0.15) is 0 Å². The van der Waals surface area contributed by atoms with Gasteiger partial charge in [0, 0.05) is 12.0 Å². The van der Waals surface area contributed by atoms with Crippen molar-refractivity contribution in [3.8, 4) is 0 Å². The maximum absolute atomic E-state index is 9.04. The molecule has 1 nitrogen and oxygen atoms in total. The fourth-order valence-electron chi connectivity index (χ4n) is 1.00. The standard InChI is InChI=1S/C7H9ClO/c1-2-6-5(4-8)3-7(6)9/h2,4,7,9H,3H2,1H3/b5-4-,6-2+. The monoisotopic (exact) mass is 144 g/mol. The number of aliphatic hydroxyl groups excluding tert-OH is 1. The first-order valence-electron chi connectivity index (χ1n) is 2.93. The Morgan fingerprint density at radius 2 is 2.44 bits per heavy atom. The van der Waals surface area contributed by atoms with Crippen molar-refractivity contribution in [3.63, 3.8) is 0 Å². The predicted molar refractivity (Wildman–Crippen MR) is 38.3 cm³/mol. The van der Waals surface area contributed by atoms with Gasteiger partial charge >= 0.3 is 0 Å². The highest BCUT2D eigenvalue weighted by atomic mass is 35.5. The van der Waals surface area contributed by atoms with Crippen LogP contribution in [-0.4, -0.2) is 11.2 Å². The van der Waals surface area contributed by atoms with Crippen LogP contribution in [-0.2, 0) is 0 Å². The summed E-state index contributed by atoms with van der Waals surface area (Å²) in [6, 6.07) is 0. The fraction of sp³-hybridized carbons (Fsp3) is 0.429.